The molecule has 0 saturated carbocycles. The molecule has 4 nitrogen and oxygen atoms in total. The number of alkyl halides is 3. The van der Waals surface area contributed by atoms with Crippen LogP contribution >= 0.6 is 0 Å². The first-order valence-electron chi connectivity index (χ1n) is 7.09. The zero-order chi connectivity index (χ0) is 17.3. The Kier molecular flexibility index (Phi) is 4.23. The molecule has 0 radical (unpaired) electrons. The second kappa shape index (κ2) is 6.20. The highest BCUT2D eigenvalue weighted by Gasteiger charge is 2.38. The van der Waals surface area contributed by atoms with Crippen LogP contribution in [0.2, 0.25) is 0 Å². The van der Waals surface area contributed by atoms with E-state index in [4.69, 9.17) is 4.74 Å². The zero-order valence-corrected chi connectivity index (χ0v) is 12.6. The fourth-order valence-electron chi connectivity index (χ4n) is 2.52. The van der Waals surface area contributed by atoms with Crippen molar-refractivity contribution in [2.45, 2.75) is 12.7 Å². The van der Waals surface area contributed by atoms with Gasteiger partial charge in [-0.2, -0.15) is 13.2 Å². The average molecular weight is 339 g/mol. The Hall–Kier alpha value is -2.48. The van der Waals surface area contributed by atoms with Crippen LogP contribution in [0.25, 0.3) is 22.3 Å². The summed E-state index contributed by atoms with van der Waals surface area (Å²) < 4.78 is 59.3. The molecule has 24 heavy (non-hydrogen) atoms. The van der Waals surface area contributed by atoms with Gasteiger partial charge in [0, 0.05) is 25.4 Å². The lowest BCUT2D eigenvalue weighted by molar-refractivity contribution is -0.147. The standard InChI is InChI=1S/C16H13F4N3O/c1-24-8-7-23-12-5-6-21-13(10-3-2-4-11(17)9-10)14(12)22-15(23)16(18,19)20/h2-6,9H,7-8H2,1H3. The number of pyridine rings is 1. The molecule has 0 aliphatic heterocycles. The second-order valence-electron chi connectivity index (χ2n) is 5.12. The molecular weight excluding hydrogens is 326 g/mol. The lowest BCUT2D eigenvalue weighted by atomic mass is 10.1. The molecule has 3 rings (SSSR count). The molecule has 0 atom stereocenters. The van der Waals surface area contributed by atoms with Gasteiger partial charge in [0.25, 0.3) is 0 Å². The van der Waals surface area contributed by atoms with E-state index < -0.39 is 17.8 Å². The van der Waals surface area contributed by atoms with E-state index in [1.54, 1.807) is 6.07 Å². The second-order valence-corrected chi connectivity index (χ2v) is 5.12. The van der Waals surface area contributed by atoms with Crippen LogP contribution in [0.1, 0.15) is 5.82 Å². The SMILES string of the molecule is COCCn1c(C(F)(F)F)nc2c(-c3cccc(F)c3)nccc21. The predicted molar refractivity (Wildman–Crippen MR) is 79.8 cm³/mol. The molecule has 1 aromatic carbocycles. The van der Waals surface area contributed by atoms with Gasteiger partial charge in [-0.05, 0) is 18.2 Å². The van der Waals surface area contributed by atoms with Gasteiger partial charge >= 0.3 is 6.18 Å². The molecule has 3 aromatic rings. The molecular formula is C16H13F4N3O. The fraction of sp³-hybridized carbons (Fsp3) is 0.250. The summed E-state index contributed by atoms with van der Waals surface area (Å²) in [7, 11) is 1.41. The van der Waals surface area contributed by atoms with E-state index in [2.05, 4.69) is 9.97 Å². The van der Waals surface area contributed by atoms with Crippen LogP contribution in [-0.2, 0) is 17.5 Å². The van der Waals surface area contributed by atoms with E-state index in [-0.39, 0.29) is 29.9 Å². The fourth-order valence-corrected chi connectivity index (χ4v) is 2.52. The van der Waals surface area contributed by atoms with Crippen LogP contribution in [0.3, 0.4) is 0 Å². The number of aromatic nitrogens is 3. The minimum absolute atomic E-state index is 0.00551. The maximum absolute atomic E-state index is 13.4. The molecule has 126 valence electrons. The Bertz CT molecular complexity index is 873. The van der Waals surface area contributed by atoms with Crippen LogP contribution in [0.5, 0.6) is 0 Å². The van der Waals surface area contributed by atoms with Crippen molar-refractivity contribution in [3.8, 4) is 11.3 Å². The van der Waals surface area contributed by atoms with Gasteiger partial charge in [0.2, 0.25) is 5.82 Å². The molecule has 2 heterocycles. The van der Waals surface area contributed by atoms with Gasteiger partial charge in [0.05, 0.1) is 17.8 Å². The normalized spacial score (nSPS) is 12.0. The molecule has 0 saturated heterocycles. The minimum Gasteiger partial charge on any atom is -0.383 e. The molecule has 0 unspecified atom stereocenters. The van der Waals surface area contributed by atoms with Crippen LogP contribution in [0.4, 0.5) is 17.6 Å². The molecule has 0 bridgehead atoms. The summed E-state index contributed by atoms with van der Waals surface area (Å²) in [5, 5.41) is 0. The maximum atomic E-state index is 13.4. The molecule has 0 N–H and O–H groups in total. The summed E-state index contributed by atoms with van der Waals surface area (Å²) in [5.74, 6) is -1.53. The van der Waals surface area contributed by atoms with Crippen molar-refractivity contribution in [3.63, 3.8) is 0 Å². The lowest BCUT2D eigenvalue weighted by Gasteiger charge is -2.10. The number of fused-ring (bicyclic) bond motifs is 1. The van der Waals surface area contributed by atoms with E-state index in [1.807, 2.05) is 0 Å². The number of benzene rings is 1. The van der Waals surface area contributed by atoms with E-state index in [0.717, 1.165) is 4.57 Å². The average Bonchev–Trinajstić information content (AvgIpc) is 2.91. The Labute approximate surface area is 134 Å². The van der Waals surface area contributed by atoms with Crippen molar-refractivity contribution in [1.82, 2.24) is 14.5 Å². The van der Waals surface area contributed by atoms with E-state index in [1.165, 1.54) is 37.6 Å². The van der Waals surface area contributed by atoms with Gasteiger partial charge in [-0.3, -0.25) is 4.98 Å². The monoisotopic (exact) mass is 339 g/mol. The Morgan fingerprint density at radius 1 is 1.21 bits per heavy atom. The van der Waals surface area contributed by atoms with Crippen molar-refractivity contribution in [1.29, 1.82) is 0 Å². The third-order valence-electron chi connectivity index (χ3n) is 3.54. The number of methoxy groups -OCH3 is 1. The number of ether oxygens (including phenoxy) is 1. The van der Waals surface area contributed by atoms with E-state index >= 15 is 0 Å². The summed E-state index contributed by atoms with van der Waals surface area (Å²) in [6.07, 6.45) is -3.24. The Balaban J connectivity index is 2.25. The van der Waals surface area contributed by atoms with E-state index in [9.17, 15) is 17.6 Å². The van der Waals surface area contributed by atoms with Crippen molar-refractivity contribution in [2.24, 2.45) is 0 Å². The predicted octanol–water partition coefficient (Wildman–Crippen LogP) is 3.90. The summed E-state index contributed by atoms with van der Waals surface area (Å²) in [6, 6.07) is 6.96. The topological polar surface area (TPSA) is 39.9 Å². The Morgan fingerprint density at radius 2 is 2.00 bits per heavy atom. The molecule has 0 spiro atoms. The highest BCUT2D eigenvalue weighted by atomic mass is 19.4. The highest BCUT2D eigenvalue weighted by molar-refractivity contribution is 5.90. The number of hydrogen-bond donors (Lipinski definition) is 0. The van der Waals surface area contributed by atoms with Gasteiger partial charge < -0.3 is 9.30 Å². The molecule has 0 aliphatic rings. The number of rotatable bonds is 4. The van der Waals surface area contributed by atoms with Gasteiger partial charge in [-0.15, -0.1) is 0 Å². The maximum Gasteiger partial charge on any atom is 0.449 e. The highest BCUT2D eigenvalue weighted by Crippen LogP contribution is 2.34. The van der Waals surface area contributed by atoms with Crippen molar-refractivity contribution in [3.05, 3.63) is 48.2 Å². The molecule has 0 aliphatic carbocycles. The zero-order valence-electron chi connectivity index (χ0n) is 12.6. The number of halogens is 4. The van der Waals surface area contributed by atoms with E-state index in [0.29, 0.717) is 5.56 Å². The Morgan fingerprint density at radius 3 is 2.67 bits per heavy atom. The van der Waals surface area contributed by atoms with Gasteiger partial charge in [-0.1, -0.05) is 12.1 Å². The summed E-state index contributed by atoms with van der Waals surface area (Å²) >= 11 is 0. The third kappa shape index (κ3) is 2.96. The summed E-state index contributed by atoms with van der Waals surface area (Å²) in [6.45, 7) is 0.0978. The van der Waals surface area contributed by atoms with Gasteiger partial charge in [-0.25, -0.2) is 9.37 Å². The summed E-state index contributed by atoms with van der Waals surface area (Å²) in [5.41, 5.74) is 0.916. The minimum atomic E-state index is -4.62. The number of hydrogen-bond acceptors (Lipinski definition) is 3. The summed E-state index contributed by atoms with van der Waals surface area (Å²) in [4.78, 5) is 7.83. The quantitative estimate of drug-likeness (QED) is 0.677. The smallest absolute Gasteiger partial charge is 0.383 e. The van der Waals surface area contributed by atoms with Crippen molar-refractivity contribution in [2.75, 3.05) is 13.7 Å². The molecule has 0 fully saturated rings. The first-order chi connectivity index (χ1) is 11.4. The first kappa shape index (κ1) is 16.4. The largest absolute Gasteiger partial charge is 0.449 e. The van der Waals surface area contributed by atoms with Gasteiger partial charge in [0.1, 0.15) is 11.3 Å². The third-order valence-corrected chi connectivity index (χ3v) is 3.54. The van der Waals surface area contributed by atoms with Crippen LogP contribution in [0, 0.1) is 5.82 Å². The van der Waals surface area contributed by atoms with Crippen molar-refractivity contribution >= 4 is 11.0 Å². The molecule has 8 heteroatoms. The number of nitrogens with zero attached hydrogens (tertiary/aromatic N) is 3. The van der Waals surface area contributed by atoms with Crippen LogP contribution < -0.4 is 0 Å². The van der Waals surface area contributed by atoms with Crippen LogP contribution in [0.15, 0.2) is 36.5 Å². The first-order valence-corrected chi connectivity index (χ1v) is 7.09. The number of imidazole rings is 1. The molecule has 2 aromatic heterocycles. The van der Waals surface area contributed by atoms with Crippen LogP contribution in [-0.4, -0.2) is 28.3 Å². The molecule has 0 amide bonds. The lowest BCUT2D eigenvalue weighted by Crippen LogP contribution is -2.16. The van der Waals surface area contributed by atoms with Gasteiger partial charge in [0.15, 0.2) is 0 Å². The van der Waals surface area contributed by atoms with Crippen molar-refractivity contribution < 1.29 is 22.3 Å².